The number of aryl methyl sites for hydroxylation is 2. The Labute approximate surface area is 111 Å². The van der Waals surface area contributed by atoms with Gasteiger partial charge in [-0.3, -0.25) is 4.79 Å². The normalized spacial score (nSPS) is 16.3. The van der Waals surface area contributed by atoms with E-state index < -0.39 is 5.97 Å². The molecule has 0 bridgehead atoms. The van der Waals surface area contributed by atoms with E-state index in [0.717, 1.165) is 24.6 Å². The van der Waals surface area contributed by atoms with Crippen molar-refractivity contribution < 1.29 is 9.90 Å². The molecule has 0 aliphatic heterocycles. The fraction of sp³-hybridized carbons (Fsp3) is 0.750. The first-order chi connectivity index (χ1) is 8.65. The number of hydrogen-bond donors (Lipinski definition) is 1. The van der Waals surface area contributed by atoms with Gasteiger partial charge in [-0.25, -0.2) is 9.67 Å². The van der Waals surface area contributed by atoms with Gasteiger partial charge >= 0.3 is 5.97 Å². The molecule has 1 aromatic heterocycles. The second kappa shape index (κ2) is 6.22. The molecule has 5 nitrogen and oxygen atoms in total. The Morgan fingerprint density at radius 2 is 2.22 bits per heavy atom. The van der Waals surface area contributed by atoms with Crippen LogP contribution in [0.2, 0.25) is 0 Å². The van der Waals surface area contributed by atoms with Crippen LogP contribution in [0.4, 0.5) is 0 Å². The Hall–Kier alpha value is -1.04. The van der Waals surface area contributed by atoms with Crippen molar-refractivity contribution in [2.45, 2.75) is 43.7 Å². The zero-order valence-electron chi connectivity index (χ0n) is 10.6. The van der Waals surface area contributed by atoms with E-state index in [2.05, 4.69) is 10.1 Å². The van der Waals surface area contributed by atoms with Crippen LogP contribution in [0.5, 0.6) is 0 Å². The lowest BCUT2D eigenvalue weighted by Gasteiger charge is -2.05. The molecule has 1 aliphatic carbocycles. The summed E-state index contributed by atoms with van der Waals surface area (Å²) in [6, 6.07) is 0. The second-order valence-electron chi connectivity index (χ2n) is 4.81. The van der Waals surface area contributed by atoms with E-state index in [9.17, 15) is 4.79 Å². The lowest BCUT2D eigenvalue weighted by molar-refractivity contribution is -0.133. The predicted octanol–water partition coefficient (Wildman–Crippen LogP) is 2.11. The Morgan fingerprint density at radius 3 is 2.89 bits per heavy atom. The summed E-state index contributed by atoms with van der Waals surface area (Å²) in [6.07, 6.45) is 7.47. The molecule has 1 saturated carbocycles. The van der Waals surface area contributed by atoms with Gasteiger partial charge in [-0.05, 0) is 12.3 Å². The minimum Gasteiger partial charge on any atom is -0.481 e. The highest BCUT2D eigenvalue weighted by atomic mass is 32.2. The molecule has 0 unspecified atom stereocenters. The summed E-state index contributed by atoms with van der Waals surface area (Å²) in [5, 5.41) is 13.7. The van der Waals surface area contributed by atoms with Crippen LogP contribution in [-0.2, 0) is 18.3 Å². The Bertz CT molecular complexity index is 413. The molecule has 0 radical (unpaired) electrons. The first-order valence-electron chi connectivity index (χ1n) is 6.39. The number of carbonyl (C=O) groups is 1. The molecule has 1 aromatic rings. The van der Waals surface area contributed by atoms with Crippen molar-refractivity contribution >= 4 is 17.7 Å². The average molecular weight is 269 g/mol. The van der Waals surface area contributed by atoms with Gasteiger partial charge in [-0.1, -0.05) is 37.4 Å². The highest BCUT2D eigenvalue weighted by Gasteiger charge is 2.16. The third-order valence-corrected chi connectivity index (χ3v) is 4.35. The van der Waals surface area contributed by atoms with Crippen LogP contribution >= 0.6 is 11.8 Å². The summed E-state index contributed by atoms with van der Waals surface area (Å²) < 4.78 is 1.68. The smallest absolute Gasteiger partial charge is 0.313 e. The predicted molar refractivity (Wildman–Crippen MR) is 69.6 cm³/mol. The van der Waals surface area contributed by atoms with Gasteiger partial charge in [0.2, 0.25) is 0 Å². The number of carboxylic acids is 1. The molecule has 0 aromatic carbocycles. The van der Waals surface area contributed by atoms with Crippen molar-refractivity contribution in [3.05, 3.63) is 5.82 Å². The summed E-state index contributed by atoms with van der Waals surface area (Å²) >= 11 is 1.22. The number of rotatable bonds is 6. The van der Waals surface area contributed by atoms with Crippen molar-refractivity contribution in [1.29, 1.82) is 0 Å². The van der Waals surface area contributed by atoms with Crippen LogP contribution < -0.4 is 0 Å². The number of nitrogens with zero attached hydrogens (tertiary/aromatic N) is 3. The van der Waals surface area contributed by atoms with E-state index in [0.29, 0.717) is 5.16 Å². The maximum absolute atomic E-state index is 10.5. The minimum atomic E-state index is -0.824. The van der Waals surface area contributed by atoms with E-state index in [1.54, 1.807) is 4.68 Å². The van der Waals surface area contributed by atoms with E-state index in [-0.39, 0.29) is 5.75 Å². The fourth-order valence-electron chi connectivity index (χ4n) is 2.41. The monoisotopic (exact) mass is 269 g/mol. The largest absolute Gasteiger partial charge is 0.481 e. The number of hydrogen-bond acceptors (Lipinski definition) is 4. The summed E-state index contributed by atoms with van der Waals surface area (Å²) in [6.45, 7) is 0. The summed E-state index contributed by atoms with van der Waals surface area (Å²) in [5.41, 5.74) is 0. The third kappa shape index (κ3) is 3.73. The zero-order valence-corrected chi connectivity index (χ0v) is 11.4. The molecule has 1 aliphatic rings. The van der Waals surface area contributed by atoms with Gasteiger partial charge in [0.15, 0.2) is 11.0 Å². The molecule has 1 fully saturated rings. The van der Waals surface area contributed by atoms with Gasteiger partial charge in [0, 0.05) is 13.5 Å². The molecule has 0 saturated heterocycles. The van der Waals surface area contributed by atoms with Crippen LogP contribution in [0.25, 0.3) is 0 Å². The number of thioether (sulfide) groups is 1. The van der Waals surface area contributed by atoms with Gasteiger partial charge in [0.25, 0.3) is 0 Å². The van der Waals surface area contributed by atoms with Gasteiger partial charge in [-0.2, -0.15) is 5.10 Å². The number of carboxylic acid groups (broad SMARTS) is 1. The quantitative estimate of drug-likeness (QED) is 0.801. The summed E-state index contributed by atoms with van der Waals surface area (Å²) in [5.74, 6) is 0.894. The SMILES string of the molecule is Cn1nc(CCC2CCCC2)nc1SCC(=O)O. The van der Waals surface area contributed by atoms with Crippen molar-refractivity contribution in [3.8, 4) is 0 Å². The summed E-state index contributed by atoms with van der Waals surface area (Å²) in [4.78, 5) is 14.9. The lowest BCUT2D eigenvalue weighted by atomic mass is 10.0. The molecule has 2 rings (SSSR count). The minimum absolute atomic E-state index is 0.0363. The molecule has 0 atom stereocenters. The van der Waals surface area contributed by atoms with Crippen LogP contribution in [0.3, 0.4) is 0 Å². The molecule has 1 N–H and O–H groups in total. The molecule has 1 heterocycles. The highest BCUT2D eigenvalue weighted by molar-refractivity contribution is 7.99. The molecular weight excluding hydrogens is 250 g/mol. The zero-order chi connectivity index (χ0) is 13.0. The van der Waals surface area contributed by atoms with Gasteiger partial charge < -0.3 is 5.11 Å². The van der Waals surface area contributed by atoms with Crippen molar-refractivity contribution in [2.24, 2.45) is 13.0 Å². The van der Waals surface area contributed by atoms with E-state index in [1.807, 2.05) is 7.05 Å². The summed E-state index contributed by atoms with van der Waals surface area (Å²) in [7, 11) is 1.82. The van der Waals surface area contributed by atoms with Crippen LogP contribution in [0.15, 0.2) is 5.16 Å². The van der Waals surface area contributed by atoms with Gasteiger partial charge in [-0.15, -0.1) is 0 Å². The van der Waals surface area contributed by atoms with Crippen molar-refractivity contribution in [3.63, 3.8) is 0 Å². The Kier molecular flexibility index (Phi) is 4.63. The molecule has 6 heteroatoms. The van der Waals surface area contributed by atoms with Gasteiger partial charge in [0.1, 0.15) is 0 Å². The first-order valence-corrected chi connectivity index (χ1v) is 7.38. The van der Waals surface area contributed by atoms with Crippen LogP contribution in [0.1, 0.15) is 37.9 Å². The first kappa shape index (κ1) is 13.4. The molecule has 18 heavy (non-hydrogen) atoms. The van der Waals surface area contributed by atoms with Crippen LogP contribution in [0, 0.1) is 5.92 Å². The Balaban J connectivity index is 1.85. The van der Waals surface area contributed by atoms with Gasteiger partial charge in [0.05, 0.1) is 5.75 Å². The molecule has 100 valence electrons. The van der Waals surface area contributed by atoms with Crippen LogP contribution in [-0.4, -0.2) is 31.6 Å². The molecular formula is C12H19N3O2S. The lowest BCUT2D eigenvalue weighted by Crippen LogP contribution is -2.00. The standard InChI is InChI=1S/C12H19N3O2S/c1-15-12(18-8-11(16)17)13-10(14-15)7-6-9-4-2-3-5-9/h9H,2-8H2,1H3,(H,16,17). The highest BCUT2D eigenvalue weighted by Crippen LogP contribution is 2.28. The molecule has 0 amide bonds. The average Bonchev–Trinajstić information content (AvgIpc) is 2.93. The maximum Gasteiger partial charge on any atom is 0.313 e. The van der Waals surface area contributed by atoms with E-state index >= 15 is 0 Å². The van der Waals surface area contributed by atoms with E-state index in [4.69, 9.17) is 5.11 Å². The second-order valence-corrected chi connectivity index (χ2v) is 5.75. The van der Waals surface area contributed by atoms with Crippen molar-refractivity contribution in [1.82, 2.24) is 14.8 Å². The number of aliphatic carboxylic acids is 1. The third-order valence-electron chi connectivity index (χ3n) is 3.34. The fourth-order valence-corrected chi connectivity index (χ4v) is 3.06. The molecule has 0 spiro atoms. The topological polar surface area (TPSA) is 68.0 Å². The number of aromatic nitrogens is 3. The maximum atomic E-state index is 10.5. The van der Waals surface area contributed by atoms with E-state index in [1.165, 1.54) is 37.4 Å². The Morgan fingerprint density at radius 1 is 1.50 bits per heavy atom. The van der Waals surface area contributed by atoms with Crippen molar-refractivity contribution in [2.75, 3.05) is 5.75 Å².